The van der Waals surface area contributed by atoms with E-state index in [0.717, 1.165) is 5.69 Å². The highest BCUT2D eigenvalue weighted by molar-refractivity contribution is 7.80. The van der Waals surface area contributed by atoms with Crippen LogP contribution in [-0.2, 0) is 0 Å². The van der Waals surface area contributed by atoms with Crippen LogP contribution in [0.2, 0.25) is 0 Å². The molecule has 0 aliphatic heterocycles. The topological polar surface area (TPSA) is 29.3 Å². The zero-order valence-electron chi connectivity index (χ0n) is 10.7. The molecule has 94 valence electrons. The summed E-state index contributed by atoms with van der Waals surface area (Å²) in [5.74, 6) is 0.0975. The van der Waals surface area contributed by atoms with E-state index in [2.05, 4.69) is 20.8 Å². The first-order valence-electron chi connectivity index (χ1n) is 5.67. The molecule has 0 spiro atoms. The summed E-state index contributed by atoms with van der Waals surface area (Å²) in [5.41, 5.74) is 6.67. The molecule has 0 aromatic heterocycles. The molecule has 1 rings (SSSR count). The van der Waals surface area contributed by atoms with Crippen LogP contribution in [0.15, 0.2) is 18.2 Å². The molecular weight excluding hydrogens is 235 g/mol. The molecule has 4 heteroatoms. The van der Waals surface area contributed by atoms with Gasteiger partial charge in [-0.25, -0.2) is 4.39 Å². The third-order valence-electron chi connectivity index (χ3n) is 3.19. The molecule has 0 heterocycles. The van der Waals surface area contributed by atoms with Crippen molar-refractivity contribution in [2.45, 2.75) is 26.8 Å². The molecule has 0 fully saturated rings. The van der Waals surface area contributed by atoms with E-state index < -0.39 is 0 Å². The van der Waals surface area contributed by atoms with Crippen molar-refractivity contribution in [1.29, 1.82) is 0 Å². The predicted octanol–water partition coefficient (Wildman–Crippen LogP) is 2.94. The number of halogens is 1. The average molecular weight is 254 g/mol. The van der Waals surface area contributed by atoms with E-state index in [1.165, 1.54) is 6.07 Å². The molecule has 1 atom stereocenters. The van der Waals surface area contributed by atoms with Crippen molar-refractivity contribution in [2.24, 2.45) is 11.7 Å². The summed E-state index contributed by atoms with van der Waals surface area (Å²) in [5, 5.41) is 0. The number of hydrogen-bond acceptors (Lipinski definition) is 2. The predicted molar refractivity (Wildman–Crippen MR) is 75.0 cm³/mol. The lowest BCUT2D eigenvalue weighted by atomic mass is 10.0. The largest absolute Gasteiger partial charge is 0.389 e. The van der Waals surface area contributed by atoms with Crippen LogP contribution in [0.4, 0.5) is 10.1 Å². The zero-order valence-corrected chi connectivity index (χ0v) is 11.5. The Kier molecular flexibility index (Phi) is 4.46. The number of rotatable bonds is 4. The van der Waals surface area contributed by atoms with Crippen LogP contribution in [0.1, 0.15) is 26.3 Å². The Morgan fingerprint density at radius 3 is 2.41 bits per heavy atom. The van der Waals surface area contributed by atoms with Gasteiger partial charge in [0.05, 0.1) is 5.56 Å². The van der Waals surface area contributed by atoms with Gasteiger partial charge in [0.1, 0.15) is 10.8 Å². The van der Waals surface area contributed by atoms with Gasteiger partial charge in [0.15, 0.2) is 0 Å². The van der Waals surface area contributed by atoms with Gasteiger partial charge in [0, 0.05) is 18.8 Å². The molecule has 1 unspecified atom stereocenters. The first-order valence-corrected chi connectivity index (χ1v) is 6.08. The van der Waals surface area contributed by atoms with E-state index in [1.807, 2.05) is 18.0 Å². The van der Waals surface area contributed by atoms with Crippen molar-refractivity contribution in [2.75, 3.05) is 11.9 Å². The summed E-state index contributed by atoms with van der Waals surface area (Å²) in [6, 6.07) is 5.18. The number of nitrogens with zero attached hydrogens (tertiary/aromatic N) is 1. The van der Waals surface area contributed by atoms with Gasteiger partial charge in [-0.15, -0.1) is 0 Å². The SMILES string of the molecule is CC(C)C(C)N(C)c1cccc(F)c1C(N)=S. The lowest BCUT2D eigenvalue weighted by molar-refractivity contribution is 0.504. The van der Waals surface area contributed by atoms with Gasteiger partial charge in [-0.2, -0.15) is 0 Å². The van der Waals surface area contributed by atoms with Gasteiger partial charge < -0.3 is 10.6 Å². The van der Waals surface area contributed by atoms with Crippen LogP contribution in [0.25, 0.3) is 0 Å². The fourth-order valence-electron chi connectivity index (χ4n) is 1.72. The molecule has 0 saturated heterocycles. The third-order valence-corrected chi connectivity index (χ3v) is 3.40. The lowest BCUT2D eigenvalue weighted by Crippen LogP contribution is -2.34. The number of nitrogens with two attached hydrogens (primary N) is 1. The van der Waals surface area contributed by atoms with Crippen molar-refractivity contribution in [3.8, 4) is 0 Å². The second-order valence-electron chi connectivity index (χ2n) is 4.59. The maximum absolute atomic E-state index is 13.7. The number of thiocarbonyl (C=S) groups is 1. The Bertz CT molecular complexity index is 418. The second-order valence-corrected chi connectivity index (χ2v) is 5.03. The van der Waals surface area contributed by atoms with Crippen LogP contribution in [0.3, 0.4) is 0 Å². The van der Waals surface area contributed by atoms with Crippen molar-refractivity contribution in [3.63, 3.8) is 0 Å². The van der Waals surface area contributed by atoms with Gasteiger partial charge in [0.2, 0.25) is 0 Å². The molecule has 0 saturated carbocycles. The van der Waals surface area contributed by atoms with E-state index in [-0.39, 0.29) is 16.8 Å². The van der Waals surface area contributed by atoms with E-state index in [9.17, 15) is 4.39 Å². The normalized spacial score (nSPS) is 12.6. The van der Waals surface area contributed by atoms with Crippen molar-refractivity contribution >= 4 is 22.9 Å². The minimum atomic E-state index is -0.363. The van der Waals surface area contributed by atoms with Gasteiger partial charge in [0.25, 0.3) is 0 Å². The quantitative estimate of drug-likeness (QED) is 0.838. The molecule has 0 radical (unpaired) electrons. The highest BCUT2D eigenvalue weighted by atomic mass is 32.1. The third kappa shape index (κ3) is 2.94. The number of benzene rings is 1. The van der Waals surface area contributed by atoms with Gasteiger partial charge in [-0.1, -0.05) is 32.1 Å². The van der Waals surface area contributed by atoms with Crippen LogP contribution in [-0.4, -0.2) is 18.1 Å². The summed E-state index contributed by atoms with van der Waals surface area (Å²) in [6.45, 7) is 6.35. The highest BCUT2D eigenvalue weighted by Gasteiger charge is 2.19. The first kappa shape index (κ1) is 13.9. The first-order chi connectivity index (χ1) is 7.86. The average Bonchev–Trinajstić information content (AvgIpc) is 2.25. The molecule has 2 nitrogen and oxygen atoms in total. The van der Waals surface area contributed by atoms with E-state index in [0.29, 0.717) is 11.5 Å². The molecule has 0 aliphatic rings. The Labute approximate surface area is 108 Å². The molecular formula is C13H19FN2S. The Balaban J connectivity index is 3.22. The Morgan fingerprint density at radius 2 is 1.94 bits per heavy atom. The van der Waals surface area contributed by atoms with E-state index in [4.69, 9.17) is 18.0 Å². The van der Waals surface area contributed by atoms with Crippen LogP contribution >= 0.6 is 12.2 Å². The summed E-state index contributed by atoms with van der Waals surface area (Å²) in [6.07, 6.45) is 0. The molecule has 0 amide bonds. The summed E-state index contributed by atoms with van der Waals surface area (Å²) in [4.78, 5) is 2.11. The minimum absolute atomic E-state index is 0.0981. The van der Waals surface area contributed by atoms with Gasteiger partial charge in [-0.05, 0) is 25.0 Å². The highest BCUT2D eigenvalue weighted by Crippen LogP contribution is 2.25. The van der Waals surface area contributed by atoms with Gasteiger partial charge in [-0.3, -0.25) is 0 Å². The molecule has 17 heavy (non-hydrogen) atoms. The van der Waals surface area contributed by atoms with Crippen molar-refractivity contribution in [3.05, 3.63) is 29.6 Å². The smallest absolute Gasteiger partial charge is 0.135 e. The second kappa shape index (κ2) is 5.45. The fraction of sp³-hybridized carbons (Fsp3) is 0.462. The number of anilines is 1. The summed E-state index contributed by atoms with van der Waals surface area (Å²) >= 11 is 4.92. The van der Waals surface area contributed by atoms with Crippen LogP contribution in [0, 0.1) is 11.7 Å². The Morgan fingerprint density at radius 1 is 1.35 bits per heavy atom. The maximum Gasteiger partial charge on any atom is 0.135 e. The maximum atomic E-state index is 13.7. The lowest BCUT2D eigenvalue weighted by Gasteiger charge is -2.31. The molecule has 1 aromatic rings. The van der Waals surface area contributed by atoms with Crippen molar-refractivity contribution in [1.82, 2.24) is 0 Å². The number of hydrogen-bond donors (Lipinski definition) is 1. The van der Waals surface area contributed by atoms with Crippen molar-refractivity contribution < 1.29 is 4.39 Å². The van der Waals surface area contributed by atoms with Crippen LogP contribution in [0.5, 0.6) is 0 Å². The molecule has 2 N–H and O–H groups in total. The monoisotopic (exact) mass is 254 g/mol. The minimum Gasteiger partial charge on any atom is -0.389 e. The summed E-state index contributed by atoms with van der Waals surface area (Å²) in [7, 11) is 1.93. The standard InChI is InChI=1S/C13H19FN2S/c1-8(2)9(3)16(4)11-7-5-6-10(14)12(11)13(15)17/h5-9H,1-4H3,(H2,15,17). The van der Waals surface area contributed by atoms with Crippen LogP contribution < -0.4 is 10.6 Å². The zero-order chi connectivity index (χ0) is 13.2. The Hall–Kier alpha value is -1.16. The molecule has 0 aliphatic carbocycles. The summed E-state index contributed by atoms with van der Waals surface area (Å²) < 4.78 is 13.7. The fourth-order valence-corrected chi connectivity index (χ4v) is 1.92. The van der Waals surface area contributed by atoms with E-state index in [1.54, 1.807) is 6.07 Å². The van der Waals surface area contributed by atoms with E-state index >= 15 is 0 Å². The van der Waals surface area contributed by atoms with Gasteiger partial charge >= 0.3 is 0 Å². The molecule has 1 aromatic carbocycles. The molecule has 0 bridgehead atoms.